The normalized spacial score (nSPS) is 21.8. The quantitative estimate of drug-likeness (QED) is 0.849. The van der Waals surface area contributed by atoms with E-state index in [1.165, 1.54) is 0 Å². The van der Waals surface area contributed by atoms with E-state index >= 15 is 0 Å². The number of carboxylic acid groups (broad SMARTS) is 1. The lowest BCUT2D eigenvalue weighted by atomic mass is 9.84. The first-order valence-electron chi connectivity index (χ1n) is 6.94. The van der Waals surface area contributed by atoms with E-state index < -0.39 is 11.9 Å². The van der Waals surface area contributed by atoms with Crippen molar-refractivity contribution in [2.45, 2.75) is 38.3 Å². The first-order chi connectivity index (χ1) is 9.97. The van der Waals surface area contributed by atoms with E-state index in [1.807, 2.05) is 11.4 Å². The summed E-state index contributed by atoms with van der Waals surface area (Å²) in [6.45, 7) is 0.520. The van der Waals surface area contributed by atoms with Crippen LogP contribution >= 0.6 is 27.3 Å². The highest BCUT2D eigenvalue weighted by molar-refractivity contribution is 9.10. The summed E-state index contributed by atoms with van der Waals surface area (Å²) in [6.07, 6.45) is 3.27. The number of rotatable bonds is 4. The summed E-state index contributed by atoms with van der Waals surface area (Å²) in [6, 6.07) is 1.51. The van der Waals surface area contributed by atoms with E-state index in [1.54, 1.807) is 23.3 Å². The zero-order valence-corrected chi connectivity index (χ0v) is 14.2. The van der Waals surface area contributed by atoms with Crippen molar-refractivity contribution < 1.29 is 14.7 Å². The van der Waals surface area contributed by atoms with Crippen molar-refractivity contribution in [3.05, 3.63) is 20.8 Å². The van der Waals surface area contributed by atoms with Gasteiger partial charge in [0.1, 0.15) is 0 Å². The monoisotopic (exact) mass is 374 g/mol. The summed E-state index contributed by atoms with van der Waals surface area (Å²) in [5.74, 6) is -1.28. The maximum atomic E-state index is 12.2. The highest BCUT2D eigenvalue weighted by atomic mass is 79.9. The Kier molecular flexibility index (Phi) is 5.64. The number of urea groups is 1. The van der Waals surface area contributed by atoms with Crippen molar-refractivity contribution in [1.82, 2.24) is 10.2 Å². The average molecular weight is 375 g/mol. The standard InChI is InChI=1S/C14H19BrN2O3S/c1-17(7-10-6-9(15)8-21-10)14(20)16-12-5-3-2-4-11(12)13(18)19/h6,8,11-12H,2-5,7H2,1H3,(H,16,20)(H,18,19). The number of hydrogen-bond donors (Lipinski definition) is 2. The Labute approximate surface area is 136 Å². The number of carbonyl (C=O) groups excluding carboxylic acids is 1. The van der Waals surface area contributed by atoms with Crippen LogP contribution in [0.2, 0.25) is 0 Å². The number of carbonyl (C=O) groups is 2. The molecule has 21 heavy (non-hydrogen) atoms. The van der Waals surface area contributed by atoms with Gasteiger partial charge in [-0.25, -0.2) is 4.79 Å². The van der Waals surface area contributed by atoms with Crippen LogP contribution in [-0.2, 0) is 11.3 Å². The van der Waals surface area contributed by atoms with Gasteiger partial charge >= 0.3 is 12.0 Å². The fraction of sp³-hybridized carbons (Fsp3) is 0.571. The van der Waals surface area contributed by atoms with Gasteiger partial charge in [-0.3, -0.25) is 4.79 Å². The second-order valence-corrected chi connectivity index (χ2v) is 7.28. The second-order valence-electron chi connectivity index (χ2n) is 5.37. The van der Waals surface area contributed by atoms with Crippen LogP contribution in [-0.4, -0.2) is 35.1 Å². The molecule has 1 fully saturated rings. The summed E-state index contributed by atoms with van der Waals surface area (Å²) in [5, 5.41) is 14.1. The number of carboxylic acids is 1. The van der Waals surface area contributed by atoms with E-state index in [0.717, 1.165) is 28.6 Å². The lowest BCUT2D eigenvalue weighted by Gasteiger charge is -2.30. The summed E-state index contributed by atoms with van der Waals surface area (Å²) in [7, 11) is 1.72. The third-order valence-corrected chi connectivity index (χ3v) is 5.44. The molecule has 2 atom stereocenters. The second kappa shape index (κ2) is 7.26. The molecule has 1 aliphatic carbocycles. The molecule has 1 aliphatic rings. The molecule has 2 unspecified atom stereocenters. The largest absolute Gasteiger partial charge is 0.481 e. The molecule has 0 bridgehead atoms. The molecule has 2 N–H and O–H groups in total. The number of aliphatic carboxylic acids is 1. The van der Waals surface area contributed by atoms with E-state index in [0.29, 0.717) is 13.0 Å². The fourth-order valence-corrected chi connectivity index (χ4v) is 4.11. The molecule has 0 saturated heterocycles. The molecule has 0 aromatic carbocycles. The first kappa shape index (κ1) is 16.3. The van der Waals surface area contributed by atoms with Crippen molar-refractivity contribution in [2.75, 3.05) is 7.05 Å². The van der Waals surface area contributed by atoms with E-state index in [9.17, 15) is 14.7 Å². The van der Waals surface area contributed by atoms with E-state index in [4.69, 9.17) is 0 Å². The fourth-order valence-electron chi connectivity index (χ4n) is 2.61. The van der Waals surface area contributed by atoms with E-state index in [-0.39, 0.29) is 12.1 Å². The summed E-state index contributed by atoms with van der Waals surface area (Å²) >= 11 is 4.97. The number of nitrogens with zero attached hydrogens (tertiary/aromatic N) is 1. The average Bonchev–Trinajstić information content (AvgIpc) is 2.84. The van der Waals surface area contributed by atoms with Gasteiger partial charge in [-0.2, -0.15) is 0 Å². The van der Waals surface area contributed by atoms with Gasteiger partial charge in [0.2, 0.25) is 0 Å². The SMILES string of the molecule is CN(Cc1cc(Br)cs1)C(=O)NC1CCCCC1C(=O)O. The number of hydrogen-bond acceptors (Lipinski definition) is 3. The van der Waals surface area contributed by atoms with E-state index in [2.05, 4.69) is 21.2 Å². The molecule has 0 radical (unpaired) electrons. The Hall–Kier alpha value is -1.08. The van der Waals surface area contributed by atoms with Crippen LogP contribution in [0.1, 0.15) is 30.6 Å². The zero-order valence-electron chi connectivity index (χ0n) is 11.8. The van der Waals surface area contributed by atoms with Gasteiger partial charge in [0.05, 0.1) is 12.5 Å². The van der Waals surface area contributed by atoms with Crippen LogP contribution in [0.4, 0.5) is 4.79 Å². The Morgan fingerprint density at radius 2 is 2.19 bits per heavy atom. The van der Waals surface area contributed by atoms with Crippen molar-refractivity contribution in [3.63, 3.8) is 0 Å². The molecule has 2 amide bonds. The van der Waals surface area contributed by atoms with Gasteiger partial charge in [-0.15, -0.1) is 11.3 Å². The minimum absolute atomic E-state index is 0.210. The molecule has 1 heterocycles. The Morgan fingerprint density at radius 1 is 1.48 bits per heavy atom. The van der Waals surface area contributed by atoms with Crippen LogP contribution in [0.5, 0.6) is 0 Å². The molecule has 116 valence electrons. The highest BCUT2D eigenvalue weighted by Crippen LogP contribution is 2.25. The van der Waals surface area contributed by atoms with Crippen LogP contribution < -0.4 is 5.32 Å². The summed E-state index contributed by atoms with van der Waals surface area (Å²) in [4.78, 5) is 26.1. The molecule has 0 spiro atoms. The Bertz CT molecular complexity index is 520. The van der Waals surface area contributed by atoms with Crippen molar-refractivity contribution in [1.29, 1.82) is 0 Å². The van der Waals surface area contributed by atoms with Gasteiger partial charge < -0.3 is 15.3 Å². The minimum atomic E-state index is -0.815. The third kappa shape index (κ3) is 4.44. The molecule has 1 aromatic rings. The molecule has 2 rings (SSSR count). The van der Waals surface area contributed by atoms with Crippen molar-refractivity contribution >= 4 is 39.3 Å². The molecule has 7 heteroatoms. The van der Waals surface area contributed by atoms with Gasteiger partial charge in [0.25, 0.3) is 0 Å². The Balaban J connectivity index is 1.91. The van der Waals surface area contributed by atoms with Crippen LogP contribution in [0.25, 0.3) is 0 Å². The van der Waals surface area contributed by atoms with Gasteiger partial charge in [-0.05, 0) is 34.8 Å². The van der Waals surface area contributed by atoms with Crippen LogP contribution in [0, 0.1) is 5.92 Å². The predicted molar refractivity (Wildman–Crippen MR) is 85.4 cm³/mol. The third-order valence-electron chi connectivity index (χ3n) is 3.75. The molecule has 0 aliphatic heterocycles. The van der Waals surface area contributed by atoms with Crippen LogP contribution in [0.3, 0.4) is 0 Å². The smallest absolute Gasteiger partial charge is 0.317 e. The first-order valence-corrected chi connectivity index (χ1v) is 8.62. The molecule has 1 aromatic heterocycles. The van der Waals surface area contributed by atoms with Gasteiger partial charge in [-0.1, -0.05) is 12.8 Å². The minimum Gasteiger partial charge on any atom is -0.481 e. The van der Waals surface area contributed by atoms with Crippen LogP contribution in [0.15, 0.2) is 15.9 Å². The lowest BCUT2D eigenvalue weighted by molar-refractivity contribution is -0.143. The maximum absolute atomic E-state index is 12.2. The molecular weight excluding hydrogens is 356 g/mol. The highest BCUT2D eigenvalue weighted by Gasteiger charge is 2.32. The zero-order chi connectivity index (χ0) is 15.4. The maximum Gasteiger partial charge on any atom is 0.317 e. The number of thiophene rings is 1. The number of halogens is 1. The lowest BCUT2D eigenvalue weighted by Crippen LogP contribution is -2.49. The van der Waals surface area contributed by atoms with Crippen molar-refractivity contribution in [3.8, 4) is 0 Å². The topological polar surface area (TPSA) is 69.6 Å². The Morgan fingerprint density at radius 3 is 2.81 bits per heavy atom. The summed E-state index contributed by atoms with van der Waals surface area (Å²) in [5.41, 5.74) is 0. The molecular formula is C14H19BrN2O3S. The molecule has 1 saturated carbocycles. The number of amides is 2. The molecule has 5 nitrogen and oxygen atoms in total. The van der Waals surface area contributed by atoms with Crippen molar-refractivity contribution in [2.24, 2.45) is 5.92 Å². The summed E-state index contributed by atoms with van der Waals surface area (Å²) < 4.78 is 1.01. The van der Waals surface area contributed by atoms with Gasteiger partial charge in [0.15, 0.2) is 0 Å². The van der Waals surface area contributed by atoms with Gasteiger partial charge in [0, 0.05) is 27.8 Å². The number of nitrogens with one attached hydrogen (secondary N) is 1. The predicted octanol–water partition coefficient (Wildman–Crippen LogP) is 3.30.